The highest BCUT2D eigenvalue weighted by Crippen LogP contribution is 2.50. The van der Waals surface area contributed by atoms with Crippen LogP contribution in [0, 0.1) is 18.3 Å². The van der Waals surface area contributed by atoms with E-state index >= 15 is 0 Å². The summed E-state index contributed by atoms with van der Waals surface area (Å²) in [5.74, 6) is 0. The van der Waals surface area contributed by atoms with E-state index in [1.54, 1.807) is 24.3 Å². The molecule has 0 saturated carbocycles. The molecule has 6 nitrogen and oxygen atoms in total. The van der Waals surface area contributed by atoms with Crippen LogP contribution in [0.3, 0.4) is 0 Å². The SMILES string of the molecule is Cc1ccc(S(=O)(=O)N2SC(N3CCOCC3)=C(C#N)C2c2ccc(Br)cc2)cc1. The molecule has 2 aliphatic rings. The minimum absolute atomic E-state index is 0.211. The third-order valence-corrected chi connectivity index (χ3v) is 8.99. The molecule has 0 spiro atoms. The summed E-state index contributed by atoms with van der Waals surface area (Å²) >= 11 is 4.55. The molecule has 0 radical (unpaired) electrons. The Labute approximate surface area is 189 Å². The van der Waals surface area contributed by atoms with E-state index in [-0.39, 0.29) is 4.90 Å². The van der Waals surface area contributed by atoms with Crippen LogP contribution in [0.4, 0.5) is 0 Å². The molecular weight excluding hydrogens is 486 g/mol. The van der Waals surface area contributed by atoms with Crippen LogP contribution >= 0.6 is 27.9 Å². The molecule has 0 amide bonds. The standard InChI is InChI=1S/C21H20BrN3O3S2/c1-15-2-8-18(9-3-15)30(26,27)25-20(16-4-6-17(22)7-5-16)19(14-23)21(29-25)24-10-12-28-13-11-24/h2-9,20H,10-13H2,1H3. The Hall–Kier alpha value is -1.83. The number of hydrogen-bond donors (Lipinski definition) is 0. The minimum Gasteiger partial charge on any atom is -0.378 e. The Morgan fingerprint density at radius 2 is 1.73 bits per heavy atom. The van der Waals surface area contributed by atoms with Gasteiger partial charge in [-0.25, -0.2) is 8.42 Å². The Morgan fingerprint density at radius 3 is 2.33 bits per heavy atom. The zero-order chi connectivity index (χ0) is 21.3. The molecule has 2 aromatic rings. The number of ether oxygens (including phenoxy) is 1. The second-order valence-electron chi connectivity index (χ2n) is 7.05. The molecule has 1 fully saturated rings. The first-order chi connectivity index (χ1) is 14.4. The van der Waals surface area contributed by atoms with Crippen molar-refractivity contribution < 1.29 is 13.2 Å². The van der Waals surface area contributed by atoms with Crippen molar-refractivity contribution in [1.82, 2.24) is 8.61 Å². The van der Waals surface area contributed by atoms with Crippen molar-refractivity contribution in [2.24, 2.45) is 0 Å². The van der Waals surface area contributed by atoms with E-state index in [2.05, 4.69) is 22.0 Å². The molecule has 4 rings (SSSR count). The average Bonchev–Trinajstić information content (AvgIpc) is 3.16. The smallest absolute Gasteiger partial charge is 0.253 e. The van der Waals surface area contributed by atoms with Crippen molar-refractivity contribution in [2.45, 2.75) is 17.9 Å². The second kappa shape index (κ2) is 8.73. The molecular formula is C21H20BrN3O3S2. The number of benzene rings is 2. The van der Waals surface area contributed by atoms with Gasteiger partial charge in [-0.3, -0.25) is 0 Å². The van der Waals surface area contributed by atoms with Crippen LogP contribution in [0.1, 0.15) is 17.2 Å². The van der Waals surface area contributed by atoms with Gasteiger partial charge in [0.1, 0.15) is 5.03 Å². The van der Waals surface area contributed by atoms with Gasteiger partial charge >= 0.3 is 0 Å². The summed E-state index contributed by atoms with van der Waals surface area (Å²) in [5, 5.41) is 10.7. The normalized spacial score (nSPS) is 20.4. The van der Waals surface area contributed by atoms with Gasteiger partial charge in [0.25, 0.3) is 10.0 Å². The number of rotatable bonds is 4. The zero-order valence-electron chi connectivity index (χ0n) is 16.3. The maximum absolute atomic E-state index is 13.6. The van der Waals surface area contributed by atoms with E-state index in [9.17, 15) is 13.7 Å². The molecule has 0 bridgehead atoms. The van der Waals surface area contributed by atoms with E-state index in [0.29, 0.717) is 36.9 Å². The van der Waals surface area contributed by atoms with E-state index in [4.69, 9.17) is 4.74 Å². The van der Waals surface area contributed by atoms with Gasteiger partial charge in [0.05, 0.1) is 35.8 Å². The maximum Gasteiger partial charge on any atom is 0.253 e. The Balaban J connectivity index is 1.82. The maximum atomic E-state index is 13.6. The molecule has 2 heterocycles. The topological polar surface area (TPSA) is 73.6 Å². The molecule has 1 atom stereocenters. The first kappa shape index (κ1) is 21.4. The number of morpholine rings is 1. The third kappa shape index (κ3) is 4.03. The lowest BCUT2D eigenvalue weighted by Gasteiger charge is -2.29. The number of nitrogens with zero attached hydrogens (tertiary/aromatic N) is 3. The number of nitriles is 1. The second-order valence-corrected chi connectivity index (χ2v) is 11.0. The van der Waals surface area contributed by atoms with Crippen LogP contribution in [0.2, 0.25) is 0 Å². The van der Waals surface area contributed by atoms with Gasteiger partial charge in [-0.05, 0) is 48.7 Å². The van der Waals surface area contributed by atoms with Crippen molar-refractivity contribution in [3.63, 3.8) is 0 Å². The van der Waals surface area contributed by atoms with Gasteiger partial charge in [0.15, 0.2) is 0 Å². The monoisotopic (exact) mass is 505 g/mol. The van der Waals surface area contributed by atoms with Crippen LogP contribution in [-0.4, -0.2) is 43.3 Å². The molecule has 30 heavy (non-hydrogen) atoms. The number of aryl methyl sites for hydroxylation is 1. The number of halogens is 1. The number of sulfonamides is 1. The molecule has 0 aromatic heterocycles. The van der Waals surface area contributed by atoms with Crippen molar-refractivity contribution >= 4 is 37.9 Å². The summed E-state index contributed by atoms with van der Waals surface area (Å²) < 4.78 is 34.9. The minimum atomic E-state index is -3.84. The van der Waals surface area contributed by atoms with Crippen molar-refractivity contribution in [3.05, 3.63) is 74.7 Å². The van der Waals surface area contributed by atoms with Gasteiger partial charge < -0.3 is 9.64 Å². The van der Waals surface area contributed by atoms with E-state index in [1.807, 2.05) is 36.1 Å². The van der Waals surface area contributed by atoms with E-state index in [1.165, 1.54) is 3.71 Å². The van der Waals surface area contributed by atoms with E-state index < -0.39 is 16.1 Å². The predicted molar refractivity (Wildman–Crippen MR) is 120 cm³/mol. The van der Waals surface area contributed by atoms with Crippen LogP contribution in [0.15, 0.2) is 68.5 Å². The van der Waals surface area contributed by atoms with Crippen molar-refractivity contribution in [2.75, 3.05) is 26.3 Å². The summed E-state index contributed by atoms with van der Waals surface area (Å²) in [5.41, 5.74) is 2.18. The highest BCUT2D eigenvalue weighted by Gasteiger charge is 2.45. The summed E-state index contributed by atoms with van der Waals surface area (Å²) in [6.07, 6.45) is 0. The fourth-order valence-corrected chi connectivity index (χ4v) is 6.82. The molecule has 1 unspecified atom stereocenters. The first-order valence-corrected chi connectivity index (χ1v) is 12.4. The van der Waals surface area contributed by atoms with Crippen molar-refractivity contribution in [1.29, 1.82) is 5.26 Å². The lowest BCUT2D eigenvalue weighted by molar-refractivity contribution is 0.0574. The fraction of sp³-hybridized carbons (Fsp3) is 0.286. The highest BCUT2D eigenvalue weighted by molar-refractivity contribution is 9.10. The first-order valence-electron chi connectivity index (χ1n) is 9.43. The Kier molecular flexibility index (Phi) is 6.23. The average molecular weight is 506 g/mol. The van der Waals surface area contributed by atoms with E-state index in [0.717, 1.165) is 27.5 Å². The molecule has 0 N–H and O–H groups in total. The summed E-state index contributed by atoms with van der Waals surface area (Å²) in [6.45, 7) is 4.27. The molecule has 156 valence electrons. The van der Waals surface area contributed by atoms with Gasteiger partial charge in [-0.2, -0.15) is 5.26 Å². The van der Waals surface area contributed by atoms with Gasteiger partial charge in [0, 0.05) is 17.6 Å². The van der Waals surface area contributed by atoms with Gasteiger partial charge in [-0.1, -0.05) is 45.8 Å². The number of hydrogen-bond acceptors (Lipinski definition) is 6. The fourth-order valence-electron chi connectivity index (χ4n) is 3.45. The van der Waals surface area contributed by atoms with Crippen LogP contribution in [0.25, 0.3) is 0 Å². The molecule has 9 heteroatoms. The lowest BCUT2D eigenvalue weighted by atomic mass is 10.0. The molecule has 0 aliphatic carbocycles. The Bertz CT molecular complexity index is 1100. The van der Waals surface area contributed by atoms with Crippen LogP contribution < -0.4 is 0 Å². The predicted octanol–water partition coefficient (Wildman–Crippen LogP) is 4.22. The summed E-state index contributed by atoms with van der Waals surface area (Å²) in [6, 6.07) is 15.8. The van der Waals surface area contributed by atoms with Gasteiger partial charge in [-0.15, -0.1) is 3.71 Å². The third-order valence-electron chi connectivity index (χ3n) is 5.05. The summed E-state index contributed by atoms with van der Waals surface area (Å²) in [7, 11) is -3.84. The van der Waals surface area contributed by atoms with Crippen LogP contribution in [0.5, 0.6) is 0 Å². The molecule has 2 aliphatic heterocycles. The van der Waals surface area contributed by atoms with Gasteiger partial charge in [0.2, 0.25) is 0 Å². The molecule has 2 aromatic carbocycles. The Morgan fingerprint density at radius 1 is 1.10 bits per heavy atom. The quantitative estimate of drug-likeness (QED) is 0.579. The van der Waals surface area contributed by atoms with Crippen LogP contribution in [-0.2, 0) is 14.8 Å². The highest BCUT2D eigenvalue weighted by atomic mass is 79.9. The lowest BCUT2D eigenvalue weighted by Crippen LogP contribution is -2.35. The largest absolute Gasteiger partial charge is 0.378 e. The zero-order valence-corrected chi connectivity index (χ0v) is 19.5. The van der Waals surface area contributed by atoms with Crippen molar-refractivity contribution in [3.8, 4) is 6.07 Å². The molecule has 1 saturated heterocycles. The summed E-state index contributed by atoms with van der Waals surface area (Å²) in [4.78, 5) is 2.26.